The number of nitrogens with zero attached hydrogens (tertiary/aromatic N) is 1. The highest BCUT2D eigenvalue weighted by Gasteiger charge is 2.26. The van der Waals surface area contributed by atoms with E-state index in [1.165, 1.54) is 40.7 Å². The van der Waals surface area contributed by atoms with E-state index >= 15 is 0 Å². The van der Waals surface area contributed by atoms with E-state index in [1.54, 1.807) is 12.1 Å². The van der Waals surface area contributed by atoms with Crippen LogP contribution in [-0.4, -0.2) is 53.4 Å². The normalized spacial score (nSPS) is 15.8. The van der Waals surface area contributed by atoms with Crippen molar-refractivity contribution in [3.8, 4) is 0 Å². The third kappa shape index (κ3) is 5.19. The predicted octanol–water partition coefficient (Wildman–Crippen LogP) is 0.285. The van der Waals surface area contributed by atoms with Crippen LogP contribution in [0.1, 0.15) is 15.9 Å². The fourth-order valence-electron chi connectivity index (χ4n) is 2.80. The molecule has 0 aromatic heterocycles. The number of hydrogen-bond donors (Lipinski definition) is 2. The smallest absolute Gasteiger partial charge is 0.251 e. The average Bonchev–Trinajstić information content (AvgIpc) is 2.72. The standard InChI is InChI=1S/C18H21N3O6S2/c19-28(23,24)16-5-1-14(2-6-16)13-20-18(22)15-3-7-17(8-4-15)29(25,26)21-9-11-27-12-10-21/h1-8H,9-13H2,(H,20,22)(H2,19,23,24). The molecule has 3 N–H and O–H groups in total. The fraction of sp³-hybridized carbons (Fsp3) is 0.278. The van der Waals surface area contributed by atoms with Gasteiger partial charge in [-0.3, -0.25) is 4.79 Å². The van der Waals surface area contributed by atoms with Crippen LogP contribution < -0.4 is 10.5 Å². The second-order valence-corrected chi connectivity index (χ2v) is 9.91. The van der Waals surface area contributed by atoms with Gasteiger partial charge in [-0.15, -0.1) is 0 Å². The monoisotopic (exact) mass is 439 g/mol. The Morgan fingerprint density at radius 3 is 2.03 bits per heavy atom. The van der Waals surface area contributed by atoms with Gasteiger partial charge in [-0.05, 0) is 42.0 Å². The van der Waals surface area contributed by atoms with Crippen molar-refractivity contribution in [2.45, 2.75) is 16.3 Å². The Morgan fingerprint density at radius 2 is 1.48 bits per heavy atom. The van der Waals surface area contributed by atoms with Crippen molar-refractivity contribution in [2.75, 3.05) is 26.3 Å². The molecule has 0 radical (unpaired) electrons. The van der Waals surface area contributed by atoms with E-state index in [0.717, 1.165) is 0 Å². The van der Waals surface area contributed by atoms with E-state index in [0.29, 0.717) is 37.4 Å². The number of carbonyl (C=O) groups is 1. The SMILES string of the molecule is NS(=O)(=O)c1ccc(CNC(=O)c2ccc(S(=O)(=O)N3CCOCC3)cc2)cc1. The summed E-state index contributed by atoms with van der Waals surface area (Å²) in [5.74, 6) is -0.379. The van der Waals surface area contributed by atoms with E-state index in [2.05, 4.69) is 5.32 Å². The molecule has 29 heavy (non-hydrogen) atoms. The molecule has 0 spiro atoms. The molecule has 2 aromatic carbocycles. The molecular formula is C18H21N3O6S2. The van der Waals surface area contributed by atoms with Crippen LogP contribution in [0.4, 0.5) is 0 Å². The van der Waals surface area contributed by atoms with Gasteiger partial charge in [-0.2, -0.15) is 4.31 Å². The van der Waals surface area contributed by atoms with Crippen LogP contribution in [-0.2, 0) is 31.3 Å². The van der Waals surface area contributed by atoms with E-state index in [4.69, 9.17) is 9.88 Å². The Hall–Kier alpha value is -2.31. The summed E-state index contributed by atoms with van der Waals surface area (Å²) in [6.07, 6.45) is 0. The molecule has 0 unspecified atom stereocenters. The lowest BCUT2D eigenvalue weighted by molar-refractivity contribution is 0.0730. The van der Waals surface area contributed by atoms with Crippen LogP contribution in [0, 0.1) is 0 Å². The molecule has 156 valence electrons. The number of nitrogens with two attached hydrogens (primary N) is 1. The first-order valence-electron chi connectivity index (χ1n) is 8.76. The predicted molar refractivity (Wildman–Crippen MR) is 105 cm³/mol. The molecule has 1 aliphatic rings. The van der Waals surface area contributed by atoms with Crippen molar-refractivity contribution >= 4 is 26.0 Å². The number of ether oxygens (including phenoxy) is 1. The van der Waals surface area contributed by atoms with Gasteiger partial charge < -0.3 is 10.1 Å². The van der Waals surface area contributed by atoms with Gasteiger partial charge in [0.2, 0.25) is 20.0 Å². The summed E-state index contributed by atoms with van der Waals surface area (Å²) in [6, 6.07) is 11.5. The van der Waals surface area contributed by atoms with E-state index in [1.807, 2.05) is 0 Å². The number of nitrogens with one attached hydrogen (secondary N) is 1. The van der Waals surface area contributed by atoms with E-state index in [-0.39, 0.29) is 22.2 Å². The molecule has 1 heterocycles. The lowest BCUT2D eigenvalue weighted by atomic mass is 10.2. The number of carbonyl (C=O) groups excluding carboxylic acids is 1. The van der Waals surface area contributed by atoms with Gasteiger partial charge >= 0.3 is 0 Å². The quantitative estimate of drug-likeness (QED) is 0.664. The van der Waals surface area contributed by atoms with Gasteiger partial charge in [0.15, 0.2) is 0 Å². The van der Waals surface area contributed by atoms with Crippen LogP contribution >= 0.6 is 0 Å². The molecule has 1 amide bonds. The summed E-state index contributed by atoms with van der Waals surface area (Å²) in [5, 5.41) is 7.74. The van der Waals surface area contributed by atoms with E-state index < -0.39 is 20.0 Å². The van der Waals surface area contributed by atoms with Gasteiger partial charge in [-0.25, -0.2) is 22.0 Å². The van der Waals surface area contributed by atoms with Crippen LogP contribution in [0.2, 0.25) is 0 Å². The van der Waals surface area contributed by atoms with Crippen molar-refractivity contribution in [2.24, 2.45) is 5.14 Å². The Kier molecular flexibility index (Phi) is 6.34. The number of sulfonamides is 2. The second-order valence-electron chi connectivity index (χ2n) is 6.41. The topological polar surface area (TPSA) is 136 Å². The highest BCUT2D eigenvalue weighted by Crippen LogP contribution is 2.18. The molecule has 2 aromatic rings. The number of primary sulfonamides is 1. The first-order chi connectivity index (χ1) is 13.7. The largest absolute Gasteiger partial charge is 0.379 e. The number of benzene rings is 2. The number of rotatable bonds is 6. The molecule has 0 aliphatic carbocycles. The number of amides is 1. The average molecular weight is 440 g/mol. The van der Waals surface area contributed by atoms with Gasteiger partial charge in [-0.1, -0.05) is 12.1 Å². The van der Waals surface area contributed by atoms with Crippen LogP contribution in [0.5, 0.6) is 0 Å². The lowest BCUT2D eigenvalue weighted by Crippen LogP contribution is -2.40. The summed E-state index contributed by atoms with van der Waals surface area (Å²) < 4.78 is 54.2. The minimum absolute atomic E-state index is 0.00959. The zero-order valence-corrected chi connectivity index (χ0v) is 17.1. The van der Waals surface area contributed by atoms with E-state index in [9.17, 15) is 21.6 Å². The molecular weight excluding hydrogens is 418 g/mol. The minimum Gasteiger partial charge on any atom is -0.379 e. The summed E-state index contributed by atoms with van der Waals surface area (Å²) >= 11 is 0. The third-order valence-corrected chi connectivity index (χ3v) is 7.27. The molecule has 0 bridgehead atoms. The Balaban J connectivity index is 1.63. The maximum Gasteiger partial charge on any atom is 0.251 e. The van der Waals surface area contributed by atoms with Crippen molar-refractivity contribution in [3.05, 3.63) is 59.7 Å². The summed E-state index contributed by atoms with van der Waals surface area (Å²) in [6.45, 7) is 1.50. The van der Waals surface area contributed by atoms with Crippen LogP contribution in [0.25, 0.3) is 0 Å². The highest BCUT2D eigenvalue weighted by molar-refractivity contribution is 7.89. The molecule has 3 rings (SSSR count). The second kappa shape index (κ2) is 8.59. The Labute approximate surface area is 169 Å². The molecule has 11 heteroatoms. The summed E-state index contributed by atoms with van der Waals surface area (Å²) in [4.78, 5) is 12.4. The van der Waals surface area contributed by atoms with Crippen molar-refractivity contribution < 1.29 is 26.4 Å². The zero-order valence-electron chi connectivity index (χ0n) is 15.4. The van der Waals surface area contributed by atoms with Gasteiger partial charge in [0.25, 0.3) is 5.91 Å². The minimum atomic E-state index is -3.77. The van der Waals surface area contributed by atoms with Gasteiger partial charge in [0, 0.05) is 25.2 Å². The third-order valence-electron chi connectivity index (χ3n) is 4.43. The van der Waals surface area contributed by atoms with Crippen molar-refractivity contribution in [1.82, 2.24) is 9.62 Å². The molecule has 1 aliphatic heterocycles. The first kappa shape index (κ1) is 21.4. The fourth-order valence-corrected chi connectivity index (χ4v) is 4.72. The maximum atomic E-state index is 12.6. The Morgan fingerprint density at radius 1 is 0.931 bits per heavy atom. The number of hydrogen-bond acceptors (Lipinski definition) is 6. The van der Waals surface area contributed by atoms with Gasteiger partial charge in [0.1, 0.15) is 0 Å². The summed E-state index contributed by atoms with van der Waals surface area (Å²) in [7, 11) is -7.38. The Bertz CT molecular complexity index is 1080. The summed E-state index contributed by atoms with van der Waals surface area (Å²) in [5.41, 5.74) is 1.00. The van der Waals surface area contributed by atoms with Crippen LogP contribution in [0.15, 0.2) is 58.3 Å². The molecule has 1 fully saturated rings. The molecule has 0 atom stereocenters. The maximum absolute atomic E-state index is 12.6. The first-order valence-corrected chi connectivity index (χ1v) is 11.7. The van der Waals surface area contributed by atoms with Gasteiger partial charge in [0.05, 0.1) is 23.0 Å². The number of morpholine rings is 1. The van der Waals surface area contributed by atoms with Crippen molar-refractivity contribution in [3.63, 3.8) is 0 Å². The van der Waals surface area contributed by atoms with Crippen LogP contribution in [0.3, 0.4) is 0 Å². The molecule has 1 saturated heterocycles. The molecule has 0 saturated carbocycles. The van der Waals surface area contributed by atoms with Crippen molar-refractivity contribution in [1.29, 1.82) is 0 Å². The highest BCUT2D eigenvalue weighted by atomic mass is 32.2. The lowest BCUT2D eigenvalue weighted by Gasteiger charge is -2.26. The molecule has 9 nitrogen and oxygen atoms in total. The zero-order chi connectivity index (χ0) is 21.1.